The number of pyridine rings is 1. The molecule has 0 fully saturated rings. The molecule has 0 aliphatic heterocycles. The summed E-state index contributed by atoms with van der Waals surface area (Å²) < 4.78 is 62.3. The highest BCUT2D eigenvalue weighted by Crippen LogP contribution is 2.32. The van der Waals surface area contributed by atoms with E-state index in [4.69, 9.17) is 0 Å². The second kappa shape index (κ2) is 6.91. The maximum atomic E-state index is 13.1. The minimum Gasteiger partial charge on any atom is -0.298 e. The Morgan fingerprint density at radius 1 is 1.04 bits per heavy atom. The molecule has 5 nitrogen and oxygen atoms in total. The lowest BCUT2D eigenvalue weighted by atomic mass is 10.2. The molecule has 26 heavy (non-hydrogen) atoms. The Morgan fingerprint density at radius 2 is 1.73 bits per heavy atom. The zero-order valence-corrected chi connectivity index (χ0v) is 14.5. The fourth-order valence-electron chi connectivity index (χ4n) is 2.47. The van der Waals surface area contributed by atoms with Gasteiger partial charge in [-0.1, -0.05) is 18.2 Å². The number of alkyl halides is 3. The molecule has 136 valence electrons. The van der Waals surface area contributed by atoms with Gasteiger partial charge in [-0.05, 0) is 36.8 Å². The van der Waals surface area contributed by atoms with Crippen LogP contribution in [0.4, 0.5) is 13.2 Å². The van der Waals surface area contributed by atoms with Crippen molar-refractivity contribution in [2.75, 3.05) is 0 Å². The largest absolute Gasteiger partial charge is 0.434 e. The number of imidazole rings is 1. The maximum absolute atomic E-state index is 13.1. The quantitative estimate of drug-likeness (QED) is 0.704. The Kier molecular flexibility index (Phi) is 4.82. The first-order valence-corrected chi connectivity index (χ1v) is 8.92. The van der Waals surface area contributed by atoms with E-state index in [1.807, 2.05) is 0 Å². The van der Waals surface area contributed by atoms with Gasteiger partial charge in [0.2, 0.25) is 0 Å². The fourth-order valence-corrected chi connectivity index (χ4v) is 2.98. The average Bonchev–Trinajstić information content (AvgIpc) is 3.00. The van der Waals surface area contributed by atoms with Crippen molar-refractivity contribution in [2.24, 2.45) is 0 Å². The Hall–Kier alpha value is -2.68. The van der Waals surface area contributed by atoms with Crippen LogP contribution in [-0.2, 0) is 22.6 Å². The van der Waals surface area contributed by atoms with Crippen LogP contribution in [0.25, 0.3) is 17.2 Å². The molecule has 0 aliphatic rings. The molecule has 0 saturated heterocycles. The molecule has 0 unspecified atom stereocenters. The van der Waals surface area contributed by atoms with Gasteiger partial charge in [0.15, 0.2) is 11.5 Å². The van der Waals surface area contributed by atoms with Crippen molar-refractivity contribution in [2.45, 2.75) is 18.9 Å². The third-order valence-corrected chi connectivity index (χ3v) is 4.26. The lowest BCUT2D eigenvalue weighted by Crippen LogP contribution is -2.05. The van der Waals surface area contributed by atoms with Gasteiger partial charge in [-0.3, -0.25) is 4.57 Å². The minimum atomic E-state index is -4.59. The van der Waals surface area contributed by atoms with Gasteiger partial charge in [-0.15, -0.1) is 0 Å². The summed E-state index contributed by atoms with van der Waals surface area (Å²) in [6, 6.07) is 11.2. The predicted molar refractivity (Wildman–Crippen MR) is 90.6 cm³/mol. The van der Waals surface area contributed by atoms with Crippen molar-refractivity contribution < 1.29 is 21.6 Å². The molecule has 2 heterocycles. The van der Waals surface area contributed by atoms with Gasteiger partial charge in [-0.2, -0.15) is 13.2 Å². The topological polar surface area (TPSA) is 64.8 Å². The SMILES string of the molecule is Cc1cccc(-c2nc(C(F)(F)F)cn2-c2ccc(C[SH](=O)=O)cc2)n1. The number of aryl methyl sites for hydroxylation is 1. The van der Waals surface area contributed by atoms with Crippen molar-refractivity contribution in [3.8, 4) is 17.2 Å². The molecule has 3 rings (SSSR count). The molecule has 3 aromatic rings. The van der Waals surface area contributed by atoms with Crippen molar-refractivity contribution in [1.82, 2.24) is 14.5 Å². The molecule has 0 amide bonds. The minimum absolute atomic E-state index is 0.0590. The number of hydrogen-bond acceptors (Lipinski definition) is 4. The first-order valence-electron chi connectivity index (χ1n) is 7.56. The lowest BCUT2D eigenvalue weighted by molar-refractivity contribution is -0.140. The zero-order valence-electron chi connectivity index (χ0n) is 13.6. The van der Waals surface area contributed by atoms with Crippen LogP contribution < -0.4 is 0 Å². The maximum Gasteiger partial charge on any atom is 0.434 e. The van der Waals surface area contributed by atoms with Gasteiger partial charge in [0, 0.05) is 17.6 Å². The van der Waals surface area contributed by atoms with Crippen LogP contribution in [-0.4, -0.2) is 23.0 Å². The number of halogens is 3. The van der Waals surface area contributed by atoms with Gasteiger partial charge in [-0.25, -0.2) is 18.4 Å². The molecule has 2 aromatic heterocycles. The monoisotopic (exact) mass is 381 g/mol. The molecule has 0 saturated carbocycles. The Balaban J connectivity index is 2.12. The number of benzene rings is 1. The van der Waals surface area contributed by atoms with E-state index < -0.39 is 22.6 Å². The van der Waals surface area contributed by atoms with Crippen LogP contribution in [0.15, 0.2) is 48.7 Å². The summed E-state index contributed by atoms with van der Waals surface area (Å²) in [7, 11) is -2.58. The van der Waals surface area contributed by atoms with Crippen LogP contribution >= 0.6 is 0 Å². The zero-order chi connectivity index (χ0) is 18.9. The number of thiol groups is 1. The number of rotatable bonds is 4. The van der Waals surface area contributed by atoms with E-state index in [0.29, 0.717) is 22.6 Å². The molecule has 0 bridgehead atoms. The Morgan fingerprint density at radius 3 is 2.31 bits per heavy atom. The van der Waals surface area contributed by atoms with Crippen molar-refractivity contribution in [3.05, 3.63) is 65.6 Å². The lowest BCUT2D eigenvalue weighted by Gasteiger charge is -2.08. The predicted octanol–water partition coefficient (Wildman–Crippen LogP) is 3.37. The fraction of sp³-hybridized carbons (Fsp3) is 0.176. The molecular weight excluding hydrogens is 367 g/mol. The third kappa shape index (κ3) is 3.93. The summed E-state index contributed by atoms with van der Waals surface area (Å²) in [5.41, 5.74) is 0.919. The molecule has 1 aromatic carbocycles. The van der Waals surface area contributed by atoms with E-state index >= 15 is 0 Å². The molecule has 0 atom stereocenters. The van der Waals surface area contributed by atoms with Crippen LogP contribution in [0, 0.1) is 6.92 Å². The van der Waals surface area contributed by atoms with E-state index in [9.17, 15) is 21.6 Å². The van der Waals surface area contributed by atoms with Crippen LogP contribution in [0.1, 0.15) is 17.0 Å². The van der Waals surface area contributed by atoms with E-state index in [-0.39, 0.29) is 11.6 Å². The van der Waals surface area contributed by atoms with E-state index in [1.165, 1.54) is 4.57 Å². The smallest absolute Gasteiger partial charge is 0.298 e. The van der Waals surface area contributed by atoms with Gasteiger partial charge in [0.05, 0.1) is 5.75 Å². The molecule has 9 heteroatoms. The second-order valence-corrected chi connectivity index (χ2v) is 6.62. The first kappa shape index (κ1) is 18.1. The van der Waals surface area contributed by atoms with Crippen LogP contribution in [0.3, 0.4) is 0 Å². The molecule has 0 N–H and O–H groups in total. The average molecular weight is 381 g/mol. The normalized spacial score (nSPS) is 11.9. The van der Waals surface area contributed by atoms with Crippen LogP contribution in [0.2, 0.25) is 0 Å². The number of hydrogen-bond donors (Lipinski definition) is 1. The Labute approximate surface area is 149 Å². The van der Waals surface area contributed by atoms with Crippen molar-refractivity contribution >= 4 is 10.7 Å². The van der Waals surface area contributed by atoms with E-state index in [0.717, 1.165) is 6.20 Å². The van der Waals surface area contributed by atoms with E-state index in [1.54, 1.807) is 49.4 Å². The third-order valence-electron chi connectivity index (χ3n) is 3.64. The summed E-state index contributed by atoms with van der Waals surface area (Å²) in [5, 5.41) is 0. The van der Waals surface area contributed by atoms with Gasteiger partial charge >= 0.3 is 6.18 Å². The highest BCUT2D eigenvalue weighted by atomic mass is 32.2. The van der Waals surface area contributed by atoms with Gasteiger partial charge < -0.3 is 0 Å². The molecule has 0 spiro atoms. The van der Waals surface area contributed by atoms with Crippen molar-refractivity contribution in [1.29, 1.82) is 0 Å². The summed E-state index contributed by atoms with van der Waals surface area (Å²) >= 11 is 0. The van der Waals surface area contributed by atoms with Gasteiger partial charge in [0.25, 0.3) is 0 Å². The van der Waals surface area contributed by atoms with Crippen molar-refractivity contribution in [3.63, 3.8) is 0 Å². The summed E-state index contributed by atoms with van der Waals surface area (Å²) in [4.78, 5) is 7.97. The van der Waals surface area contributed by atoms with E-state index in [2.05, 4.69) is 9.97 Å². The van der Waals surface area contributed by atoms with Crippen LogP contribution in [0.5, 0.6) is 0 Å². The summed E-state index contributed by atoms with van der Waals surface area (Å²) in [6.45, 7) is 1.74. The second-order valence-electron chi connectivity index (χ2n) is 5.64. The molecule has 0 aliphatic carbocycles. The Bertz CT molecular complexity index is 1000. The molecule has 0 radical (unpaired) electrons. The number of aromatic nitrogens is 3. The summed E-state index contributed by atoms with van der Waals surface area (Å²) in [5.74, 6) is -0.0664. The highest BCUT2D eigenvalue weighted by molar-refractivity contribution is 7.71. The number of nitrogens with zero attached hydrogens (tertiary/aromatic N) is 3. The summed E-state index contributed by atoms with van der Waals surface area (Å²) in [6.07, 6.45) is -3.69. The molecular formula is C17H14F3N3O2S. The first-order chi connectivity index (χ1) is 12.2. The standard InChI is InChI=1S/C17H14F3N3O2S/c1-11-3-2-4-14(21-11)16-22-15(17(18,19)20)9-23(16)13-7-5-12(6-8-13)10-26(24)25/h2-9,26H,10H2,1H3. The van der Waals surface area contributed by atoms with Gasteiger partial charge in [0.1, 0.15) is 16.4 Å². The highest BCUT2D eigenvalue weighted by Gasteiger charge is 2.35.